The highest BCUT2D eigenvalue weighted by atomic mass is 16.1. The van der Waals surface area contributed by atoms with Gasteiger partial charge in [0.1, 0.15) is 5.69 Å². The van der Waals surface area contributed by atoms with E-state index in [0.717, 1.165) is 13.0 Å². The zero-order valence-corrected chi connectivity index (χ0v) is 13.9. The third-order valence-electron chi connectivity index (χ3n) is 3.90. The van der Waals surface area contributed by atoms with Gasteiger partial charge in [-0.15, -0.1) is 0 Å². The molecule has 1 atom stereocenters. The van der Waals surface area contributed by atoms with E-state index >= 15 is 0 Å². The first-order chi connectivity index (χ1) is 11.2. The van der Waals surface area contributed by atoms with Gasteiger partial charge in [-0.3, -0.25) is 9.78 Å². The highest BCUT2D eigenvalue weighted by molar-refractivity contribution is 5.93. The molecule has 122 valence electrons. The molecule has 0 fully saturated rings. The van der Waals surface area contributed by atoms with E-state index in [1.807, 2.05) is 18.2 Å². The molecule has 2 rings (SSSR count). The van der Waals surface area contributed by atoms with Crippen LogP contribution in [0.5, 0.6) is 0 Å². The number of pyridine rings is 1. The fourth-order valence-electron chi connectivity index (χ4n) is 2.26. The van der Waals surface area contributed by atoms with E-state index in [4.69, 9.17) is 0 Å². The monoisotopic (exact) mass is 313 g/mol. The first kappa shape index (κ1) is 17.0. The van der Waals surface area contributed by atoms with Crippen molar-refractivity contribution in [1.82, 2.24) is 25.2 Å². The van der Waals surface area contributed by atoms with E-state index in [-0.39, 0.29) is 5.91 Å². The summed E-state index contributed by atoms with van der Waals surface area (Å²) in [7, 11) is 2.06. The van der Waals surface area contributed by atoms with Crippen LogP contribution in [0.4, 0.5) is 0 Å². The molecule has 6 heteroatoms. The first-order valence-corrected chi connectivity index (χ1v) is 7.87. The van der Waals surface area contributed by atoms with E-state index < -0.39 is 0 Å². The van der Waals surface area contributed by atoms with Gasteiger partial charge in [-0.1, -0.05) is 19.9 Å². The van der Waals surface area contributed by atoms with Crippen molar-refractivity contribution in [2.75, 3.05) is 20.1 Å². The van der Waals surface area contributed by atoms with Gasteiger partial charge in [-0.25, -0.2) is 9.97 Å². The van der Waals surface area contributed by atoms with Crippen LogP contribution in [0.15, 0.2) is 36.8 Å². The van der Waals surface area contributed by atoms with Gasteiger partial charge in [0.15, 0.2) is 5.82 Å². The molecule has 0 unspecified atom stereocenters. The Morgan fingerprint density at radius 3 is 2.52 bits per heavy atom. The van der Waals surface area contributed by atoms with Crippen LogP contribution in [-0.4, -0.2) is 51.9 Å². The SMILES string of the molecule is CC[C@@H](CNC(=O)c1cnc(-c2ccccn2)nc1)N(C)CC. The Morgan fingerprint density at radius 1 is 1.22 bits per heavy atom. The summed E-state index contributed by atoms with van der Waals surface area (Å²) in [6.07, 6.45) is 5.75. The Morgan fingerprint density at radius 2 is 1.96 bits per heavy atom. The molecule has 23 heavy (non-hydrogen) atoms. The standard InChI is InChI=1S/C17H23N5O/c1-4-14(22(3)5-2)12-21-17(23)13-10-19-16(20-11-13)15-8-6-7-9-18-15/h6-11,14H,4-5,12H2,1-3H3,(H,21,23)/t14-/m0/s1. The molecule has 0 aromatic carbocycles. The van der Waals surface area contributed by atoms with Crippen LogP contribution < -0.4 is 5.32 Å². The number of nitrogens with zero attached hydrogens (tertiary/aromatic N) is 4. The largest absolute Gasteiger partial charge is 0.350 e. The van der Waals surface area contributed by atoms with Crippen LogP contribution in [0, 0.1) is 0 Å². The second-order valence-electron chi connectivity index (χ2n) is 5.36. The maximum Gasteiger partial charge on any atom is 0.254 e. The Bertz CT molecular complexity index is 615. The highest BCUT2D eigenvalue weighted by Gasteiger charge is 2.14. The molecule has 1 N–H and O–H groups in total. The quantitative estimate of drug-likeness (QED) is 0.846. The van der Waals surface area contributed by atoms with E-state index in [9.17, 15) is 4.79 Å². The van der Waals surface area contributed by atoms with Crippen LogP contribution in [0.1, 0.15) is 30.6 Å². The van der Waals surface area contributed by atoms with Crippen molar-refractivity contribution in [2.45, 2.75) is 26.3 Å². The van der Waals surface area contributed by atoms with Crippen molar-refractivity contribution in [3.05, 3.63) is 42.4 Å². The average molecular weight is 313 g/mol. The van der Waals surface area contributed by atoms with E-state index in [2.05, 4.69) is 46.1 Å². The van der Waals surface area contributed by atoms with Crippen molar-refractivity contribution in [3.63, 3.8) is 0 Å². The average Bonchev–Trinajstić information content (AvgIpc) is 2.62. The third-order valence-corrected chi connectivity index (χ3v) is 3.90. The van der Waals surface area contributed by atoms with Gasteiger partial charge in [0.25, 0.3) is 5.91 Å². The third kappa shape index (κ3) is 4.56. The summed E-state index contributed by atoms with van der Waals surface area (Å²) >= 11 is 0. The van der Waals surface area contributed by atoms with Gasteiger partial charge < -0.3 is 10.2 Å². The van der Waals surface area contributed by atoms with Crippen LogP contribution in [0.2, 0.25) is 0 Å². The van der Waals surface area contributed by atoms with E-state index in [1.54, 1.807) is 6.20 Å². The van der Waals surface area contributed by atoms with Crippen LogP contribution >= 0.6 is 0 Å². The lowest BCUT2D eigenvalue weighted by Crippen LogP contribution is -2.41. The van der Waals surface area contributed by atoms with Crippen molar-refractivity contribution in [3.8, 4) is 11.5 Å². The number of rotatable bonds is 7. The smallest absolute Gasteiger partial charge is 0.254 e. The van der Waals surface area contributed by atoms with Crippen molar-refractivity contribution in [2.24, 2.45) is 0 Å². The van der Waals surface area contributed by atoms with Gasteiger partial charge in [0, 0.05) is 31.2 Å². The molecule has 1 amide bonds. The normalized spacial score (nSPS) is 12.2. The summed E-state index contributed by atoms with van der Waals surface area (Å²) in [5.41, 5.74) is 1.15. The van der Waals surface area contributed by atoms with E-state index in [1.165, 1.54) is 12.4 Å². The second kappa shape index (κ2) is 8.33. The summed E-state index contributed by atoms with van der Waals surface area (Å²) in [6, 6.07) is 5.88. The van der Waals surface area contributed by atoms with Gasteiger partial charge in [-0.05, 0) is 32.1 Å². The molecule has 0 saturated heterocycles. The molecule has 6 nitrogen and oxygen atoms in total. The van der Waals surface area contributed by atoms with E-state index in [0.29, 0.717) is 29.7 Å². The van der Waals surface area contributed by atoms with Gasteiger partial charge >= 0.3 is 0 Å². The molecule has 0 radical (unpaired) electrons. The molecule has 0 spiro atoms. The molecule has 2 aromatic heterocycles. The van der Waals surface area contributed by atoms with Crippen LogP contribution in [0.25, 0.3) is 11.5 Å². The lowest BCUT2D eigenvalue weighted by molar-refractivity contribution is 0.0937. The summed E-state index contributed by atoms with van der Waals surface area (Å²) in [4.78, 5) is 27.1. The molecule has 0 aliphatic carbocycles. The molecule has 2 aromatic rings. The number of aromatic nitrogens is 3. The molecule has 0 saturated carbocycles. The Labute approximate surface area is 137 Å². The lowest BCUT2D eigenvalue weighted by atomic mass is 10.2. The number of hydrogen-bond acceptors (Lipinski definition) is 5. The molecular formula is C17H23N5O. The zero-order valence-electron chi connectivity index (χ0n) is 13.9. The predicted octanol–water partition coefficient (Wildman–Crippen LogP) is 2.00. The topological polar surface area (TPSA) is 71.0 Å². The summed E-state index contributed by atoms with van der Waals surface area (Å²) < 4.78 is 0. The molecule has 0 aliphatic rings. The maximum absolute atomic E-state index is 12.2. The number of likely N-dealkylation sites (N-methyl/N-ethyl adjacent to an activating group) is 1. The Balaban J connectivity index is 1.98. The molecule has 0 aliphatic heterocycles. The number of carbonyl (C=O) groups excluding carboxylic acids is 1. The lowest BCUT2D eigenvalue weighted by Gasteiger charge is -2.25. The Kier molecular flexibility index (Phi) is 6.17. The second-order valence-corrected chi connectivity index (χ2v) is 5.36. The minimum Gasteiger partial charge on any atom is -0.350 e. The predicted molar refractivity (Wildman–Crippen MR) is 90.0 cm³/mol. The first-order valence-electron chi connectivity index (χ1n) is 7.87. The van der Waals surface area contributed by atoms with Crippen LogP contribution in [-0.2, 0) is 0 Å². The molecular weight excluding hydrogens is 290 g/mol. The van der Waals surface area contributed by atoms with Gasteiger partial charge in [0.05, 0.1) is 5.56 Å². The summed E-state index contributed by atoms with van der Waals surface area (Å²) in [5, 5.41) is 2.95. The molecule has 0 bridgehead atoms. The minimum absolute atomic E-state index is 0.152. The fourth-order valence-corrected chi connectivity index (χ4v) is 2.26. The minimum atomic E-state index is -0.152. The molecule has 2 heterocycles. The number of nitrogens with one attached hydrogen (secondary N) is 1. The summed E-state index contributed by atoms with van der Waals surface area (Å²) in [5.74, 6) is 0.361. The highest BCUT2D eigenvalue weighted by Crippen LogP contribution is 2.10. The number of amides is 1. The van der Waals surface area contributed by atoms with Crippen molar-refractivity contribution < 1.29 is 4.79 Å². The number of hydrogen-bond donors (Lipinski definition) is 1. The van der Waals surface area contributed by atoms with Gasteiger partial charge in [-0.2, -0.15) is 0 Å². The Hall–Kier alpha value is -2.34. The zero-order chi connectivity index (χ0) is 16.7. The van der Waals surface area contributed by atoms with Crippen molar-refractivity contribution in [1.29, 1.82) is 0 Å². The maximum atomic E-state index is 12.2. The summed E-state index contributed by atoms with van der Waals surface area (Å²) in [6.45, 7) is 5.79. The van der Waals surface area contributed by atoms with Gasteiger partial charge in [0.2, 0.25) is 0 Å². The van der Waals surface area contributed by atoms with Crippen LogP contribution in [0.3, 0.4) is 0 Å². The fraction of sp³-hybridized carbons (Fsp3) is 0.412. The number of carbonyl (C=O) groups is 1. The van der Waals surface area contributed by atoms with Crippen molar-refractivity contribution >= 4 is 5.91 Å².